The third-order valence-corrected chi connectivity index (χ3v) is 4.47. The highest BCUT2D eigenvalue weighted by atomic mass is 35.5. The molecular weight excluding hydrogens is 294 g/mol. The molecule has 0 saturated carbocycles. The van der Waals surface area contributed by atoms with Crippen molar-refractivity contribution in [1.29, 1.82) is 0 Å². The molecule has 4 nitrogen and oxygen atoms in total. The molecule has 0 saturated heterocycles. The Bertz CT molecular complexity index is 681. The van der Waals surface area contributed by atoms with Crippen molar-refractivity contribution in [3.8, 4) is 0 Å². The summed E-state index contributed by atoms with van der Waals surface area (Å²) in [6.45, 7) is 4.65. The summed E-state index contributed by atoms with van der Waals surface area (Å²) >= 11 is 7.24. The molecule has 0 fully saturated rings. The Kier molecular flexibility index (Phi) is 3.18. The van der Waals surface area contributed by atoms with Crippen LogP contribution in [0.25, 0.3) is 0 Å². The van der Waals surface area contributed by atoms with Crippen LogP contribution in [0.3, 0.4) is 0 Å². The summed E-state index contributed by atoms with van der Waals surface area (Å²) in [6, 6.07) is 5.88. The Morgan fingerprint density at radius 3 is 2.95 bits per heavy atom. The van der Waals surface area contributed by atoms with E-state index in [-0.39, 0.29) is 11.4 Å². The molecule has 0 bridgehead atoms. The van der Waals surface area contributed by atoms with Crippen molar-refractivity contribution >= 4 is 34.5 Å². The van der Waals surface area contributed by atoms with Crippen molar-refractivity contribution < 1.29 is 4.79 Å². The number of carbonyl (C=O) groups excluding carboxylic acids is 1. The number of thiazole rings is 1. The highest BCUT2D eigenvalue weighted by molar-refractivity contribution is 7.15. The fourth-order valence-electron chi connectivity index (χ4n) is 2.36. The Hall–Kier alpha value is -1.59. The fraction of sp³-hybridized carbons (Fsp3) is 0.286. The maximum Gasteiger partial charge on any atom is 0.252 e. The number of aromatic nitrogens is 1. The van der Waals surface area contributed by atoms with Gasteiger partial charge in [0, 0.05) is 22.3 Å². The van der Waals surface area contributed by atoms with Crippen molar-refractivity contribution in [2.75, 3.05) is 5.32 Å². The van der Waals surface area contributed by atoms with Gasteiger partial charge in [-0.3, -0.25) is 4.79 Å². The molecule has 0 radical (unpaired) electrons. The molecule has 3 rings (SSSR count). The second-order valence-electron chi connectivity index (χ2n) is 5.27. The normalized spacial score (nSPS) is 15.8. The molecule has 2 aromatic rings. The van der Waals surface area contributed by atoms with Crippen LogP contribution >= 0.6 is 22.9 Å². The van der Waals surface area contributed by atoms with Gasteiger partial charge in [-0.1, -0.05) is 17.7 Å². The minimum absolute atomic E-state index is 0.0190. The van der Waals surface area contributed by atoms with Gasteiger partial charge in [0.05, 0.1) is 12.1 Å². The first kappa shape index (κ1) is 13.4. The van der Waals surface area contributed by atoms with Gasteiger partial charge in [0.25, 0.3) is 5.91 Å². The van der Waals surface area contributed by atoms with Crippen molar-refractivity contribution in [3.05, 3.63) is 44.9 Å². The highest BCUT2D eigenvalue weighted by Crippen LogP contribution is 2.32. The van der Waals surface area contributed by atoms with E-state index in [9.17, 15) is 4.79 Å². The Labute approximate surface area is 126 Å². The summed E-state index contributed by atoms with van der Waals surface area (Å²) in [6.07, 6.45) is 1.75. The molecule has 6 heteroatoms. The number of nitrogens with one attached hydrogen (secondary N) is 2. The zero-order chi connectivity index (χ0) is 14.3. The number of amides is 1. The molecule has 1 aromatic heterocycles. The van der Waals surface area contributed by atoms with E-state index in [4.69, 9.17) is 11.6 Å². The van der Waals surface area contributed by atoms with Crippen LogP contribution in [0, 0.1) is 0 Å². The van der Waals surface area contributed by atoms with Gasteiger partial charge in [0.1, 0.15) is 0 Å². The predicted octanol–water partition coefficient (Wildman–Crippen LogP) is 3.39. The van der Waals surface area contributed by atoms with Gasteiger partial charge < -0.3 is 10.6 Å². The topological polar surface area (TPSA) is 54.0 Å². The van der Waals surface area contributed by atoms with E-state index in [1.165, 1.54) is 11.3 Å². The quantitative estimate of drug-likeness (QED) is 0.914. The van der Waals surface area contributed by atoms with Crippen LogP contribution in [0.4, 0.5) is 5.69 Å². The molecule has 104 valence electrons. The minimum atomic E-state index is -0.295. The van der Waals surface area contributed by atoms with Crippen molar-refractivity contribution in [1.82, 2.24) is 10.3 Å². The van der Waals surface area contributed by atoms with Crippen LogP contribution in [-0.2, 0) is 12.1 Å². The van der Waals surface area contributed by atoms with E-state index < -0.39 is 0 Å². The molecule has 1 aromatic carbocycles. The second kappa shape index (κ2) is 4.75. The molecule has 1 aliphatic heterocycles. The van der Waals surface area contributed by atoms with Crippen molar-refractivity contribution in [2.24, 2.45) is 0 Å². The zero-order valence-corrected chi connectivity index (χ0v) is 12.7. The van der Waals surface area contributed by atoms with Gasteiger partial charge in [-0.2, -0.15) is 0 Å². The Morgan fingerprint density at radius 1 is 1.45 bits per heavy atom. The van der Waals surface area contributed by atoms with E-state index in [2.05, 4.69) is 15.6 Å². The van der Waals surface area contributed by atoms with Crippen LogP contribution in [0.15, 0.2) is 24.4 Å². The molecule has 2 heterocycles. The number of hydrogen-bond donors (Lipinski definition) is 2. The average molecular weight is 308 g/mol. The smallest absolute Gasteiger partial charge is 0.252 e. The van der Waals surface area contributed by atoms with Gasteiger partial charge in [-0.05, 0) is 31.5 Å². The summed E-state index contributed by atoms with van der Waals surface area (Å²) in [5.41, 5.74) is 2.40. The molecule has 1 aliphatic rings. The summed E-state index contributed by atoms with van der Waals surface area (Å²) in [4.78, 5) is 17.0. The van der Waals surface area contributed by atoms with Crippen LogP contribution in [0.5, 0.6) is 0 Å². The summed E-state index contributed by atoms with van der Waals surface area (Å²) in [7, 11) is 0. The number of nitrogens with zero attached hydrogens (tertiary/aromatic N) is 1. The van der Waals surface area contributed by atoms with Crippen LogP contribution in [0.2, 0.25) is 4.47 Å². The summed E-state index contributed by atoms with van der Waals surface area (Å²) in [5, 5.41) is 6.25. The first-order chi connectivity index (χ1) is 9.45. The lowest BCUT2D eigenvalue weighted by atomic mass is 9.94. The molecule has 0 spiro atoms. The number of rotatable bonds is 3. The molecule has 0 aliphatic carbocycles. The standard InChI is InChI=1S/C14H14ClN3OS/c1-14(2)11-4-3-8(5-10(11)12(19)18-14)16-6-9-7-17-13(15)20-9/h3-5,7,16H,6H2,1-2H3,(H,18,19). The lowest BCUT2D eigenvalue weighted by molar-refractivity contribution is 0.0940. The molecule has 1 amide bonds. The first-order valence-corrected chi connectivity index (χ1v) is 7.46. The molecule has 0 unspecified atom stereocenters. The van der Waals surface area contributed by atoms with Gasteiger partial charge in [-0.25, -0.2) is 4.98 Å². The van der Waals surface area contributed by atoms with Gasteiger partial charge in [0.15, 0.2) is 4.47 Å². The predicted molar refractivity (Wildman–Crippen MR) is 81.4 cm³/mol. The Morgan fingerprint density at radius 2 is 2.25 bits per heavy atom. The van der Waals surface area contributed by atoms with E-state index in [0.29, 0.717) is 11.0 Å². The summed E-state index contributed by atoms with van der Waals surface area (Å²) < 4.78 is 0.539. The molecular formula is C14H14ClN3OS. The molecule has 2 N–H and O–H groups in total. The zero-order valence-electron chi connectivity index (χ0n) is 11.2. The summed E-state index contributed by atoms with van der Waals surface area (Å²) in [5.74, 6) is -0.0190. The number of fused-ring (bicyclic) bond motifs is 1. The SMILES string of the molecule is CC1(C)NC(=O)c2cc(NCc3cnc(Cl)s3)ccc21. The van der Waals surface area contributed by atoms with E-state index in [1.54, 1.807) is 6.20 Å². The maximum atomic E-state index is 11.9. The monoisotopic (exact) mass is 307 g/mol. The second-order valence-corrected chi connectivity index (χ2v) is 6.97. The van der Waals surface area contributed by atoms with Crippen molar-refractivity contribution in [2.45, 2.75) is 25.9 Å². The first-order valence-electron chi connectivity index (χ1n) is 6.27. The number of carbonyl (C=O) groups is 1. The number of benzene rings is 1. The van der Waals surface area contributed by atoms with E-state index in [0.717, 1.165) is 21.7 Å². The van der Waals surface area contributed by atoms with Crippen molar-refractivity contribution in [3.63, 3.8) is 0 Å². The maximum absolute atomic E-state index is 11.9. The van der Waals surface area contributed by atoms with E-state index >= 15 is 0 Å². The molecule has 20 heavy (non-hydrogen) atoms. The largest absolute Gasteiger partial charge is 0.380 e. The van der Waals surface area contributed by atoms with Crippen LogP contribution < -0.4 is 10.6 Å². The Balaban J connectivity index is 1.80. The average Bonchev–Trinajstić information content (AvgIpc) is 2.90. The third-order valence-electron chi connectivity index (χ3n) is 3.36. The fourth-order valence-corrected chi connectivity index (χ4v) is 3.28. The van der Waals surface area contributed by atoms with Gasteiger partial charge in [-0.15, -0.1) is 11.3 Å². The van der Waals surface area contributed by atoms with Crippen LogP contribution in [0.1, 0.15) is 34.6 Å². The number of hydrogen-bond acceptors (Lipinski definition) is 4. The van der Waals surface area contributed by atoms with Gasteiger partial charge >= 0.3 is 0 Å². The number of halogens is 1. The lowest BCUT2D eigenvalue weighted by Gasteiger charge is -2.19. The van der Waals surface area contributed by atoms with Crippen LogP contribution in [-0.4, -0.2) is 10.9 Å². The highest BCUT2D eigenvalue weighted by Gasteiger charge is 2.34. The lowest BCUT2D eigenvalue weighted by Crippen LogP contribution is -2.32. The van der Waals surface area contributed by atoms with E-state index in [1.807, 2.05) is 32.0 Å². The minimum Gasteiger partial charge on any atom is -0.380 e. The number of anilines is 1. The van der Waals surface area contributed by atoms with Gasteiger partial charge in [0.2, 0.25) is 0 Å². The molecule has 0 atom stereocenters. The third kappa shape index (κ3) is 2.39.